The van der Waals surface area contributed by atoms with Gasteiger partial charge in [-0.15, -0.1) is 10.2 Å². The van der Waals surface area contributed by atoms with Crippen LogP contribution in [0.4, 0.5) is 10.1 Å². The molecule has 1 N–H and O–H groups in total. The van der Waals surface area contributed by atoms with Crippen LogP contribution in [0.25, 0.3) is 0 Å². The van der Waals surface area contributed by atoms with Crippen LogP contribution in [0.3, 0.4) is 0 Å². The van der Waals surface area contributed by atoms with Gasteiger partial charge in [0.25, 0.3) is 0 Å². The van der Waals surface area contributed by atoms with E-state index in [1.54, 1.807) is 25.1 Å². The summed E-state index contributed by atoms with van der Waals surface area (Å²) in [5, 5.41) is 11.9. The monoisotopic (exact) mass is 492 g/mol. The quantitative estimate of drug-likeness (QED) is 0.412. The largest absolute Gasteiger partial charge is 0.480 e. The molecule has 6 nitrogen and oxygen atoms in total. The minimum absolute atomic E-state index is 0.0392. The number of ether oxygens (including phenoxy) is 1. The van der Waals surface area contributed by atoms with Crippen molar-refractivity contribution < 1.29 is 13.9 Å². The molecule has 2 aromatic carbocycles. The van der Waals surface area contributed by atoms with Gasteiger partial charge >= 0.3 is 0 Å². The first-order valence-electron chi connectivity index (χ1n) is 9.39. The topological polar surface area (TPSA) is 69.0 Å². The fraction of sp³-hybridized carbons (Fsp3) is 0.286. The van der Waals surface area contributed by atoms with E-state index in [0.29, 0.717) is 16.7 Å². The van der Waals surface area contributed by atoms with Crippen molar-refractivity contribution in [3.8, 4) is 5.75 Å². The number of nitrogens with one attached hydrogen (secondary N) is 1. The van der Waals surface area contributed by atoms with Crippen LogP contribution < -0.4 is 10.1 Å². The molecule has 158 valence electrons. The summed E-state index contributed by atoms with van der Waals surface area (Å²) in [5.41, 5.74) is 0.716. The maximum atomic E-state index is 13.9. The summed E-state index contributed by atoms with van der Waals surface area (Å²) in [6.07, 6.45) is -0.512. The van der Waals surface area contributed by atoms with Crippen molar-refractivity contribution in [2.45, 2.75) is 38.1 Å². The molecule has 3 rings (SSSR count). The number of hydrogen-bond acceptors (Lipinski definition) is 5. The zero-order valence-corrected chi connectivity index (χ0v) is 19.2. The maximum absolute atomic E-state index is 13.9. The molecule has 1 amide bonds. The Labute approximate surface area is 187 Å². The van der Waals surface area contributed by atoms with Gasteiger partial charge in [-0.05, 0) is 51.1 Å². The lowest BCUT2D eigenvalue weighted by molar-refractivity contribution is -0.113. The van der Waals surface area contributed by atoms with Gasteiger partial charge < -0.3 is 14.6 Å². The standard InChI is InChI=1S/C21H22BrFN4O2S/c1-13(2)27-20(14(3)29-18-10-5-4-9-17(18)23)25-26-21(27)30-12-19(28)24-16-8-6-7-15(22)11-16/h4-11,13-14H,12H2,1-3H3,(H,24,28). The average Bonchev–Trinajstić information content (AvgIpc) is 3.13. The predicted octanol–water partition coefficient (Wildman–Crippen LogP) is 5.63. The molecule has 0 saturated carbocycles. The minimum atomic E-state index is -0.512. The molecule has 3 aromatic rings. The number of amides is 1. The van der Waals surface area contributed by atoms with E-state index in [-0.39, 0.29) is 23.5 Å². The van der Waals surface area contributed by atoms with Gasteiger partial charge in [0.15, 0.2) is 28.7 Å². The second kappa shape index (κ2) is 10.1. The molecule has 0 spiro atoms. The van der Waals surface area contributed by atoms with E-state index in [4.69, 9.17) is 4.74 Å². The van der Waals surface area contributed by atoms with E-state index < -0.39 is 11.9 Å². The third-order valence-electron chi connectivity index (χ3n) is 4.15. The highest BCUT2D eigenvalue weighted by Crippen LogP contribution is 2.28. The van der Waals surface area contributed by atoms with Crippen molar-refractivity contribution in [1.29, 1.82) is 0 Å². The van der Waals surface area contributed by atoms with E-state index >= 15 is 0 Å². The summed E-state index contributed by atoms with van der Waals surface area (Å²) in [6.45, 7) is 5.78. The predicted molar refractivity (Wildman–Crippen MR) is 119 cm³/mol. The lowest BCUT2D eigenvalue weighted by atomic mass is 10.3. The van der Waals surface area contributed by atoms with Crippen LogP contribution in [0.1, 0.15) is 38.7 Å². The average molecular weight is 493 g/mol. The molecule has 0 bridgehead atoms. The van der Waals surface area contributed by atoms with Crippen LogP contribution in [0, 0.1) is 5.82 Å². The van der Waals surface area contributed by atoms with Gasteiger partial charge in [0.1, 0.15) is 0 Å². The van der Waals surface area contributed by atoms with Crippen molar-refractivity contribution in [3.05, 3.63) is 64.6 Å². The molecule has 0 aliphatic heterocycles. The Morgan fingerprint density at radius 1 is 1.20 bits per heavy atom. The molecule has 0 aliphatic carbocycles. The SMILES string of the molecule is CC(Oc1ccccc1F)c1nnc(SCC(=O)Nc2cccc(Br)c2)n1C(C)C. The number of carbonyl (C=O) groups excluding carboxylic acids is 1. The van der Waals surface area contributed by atoms with Gasteiger partial charge in [-0.3, -0.25) is 4.79 Å². The molecule has 1 unspecified atom stereocenters. The Morgan fingerprint density at radius 3 is 2.67 bits per heavy atom. The third-order valence-corrected chi connectivity index (χ3v) is 5.59. The zero-order chi connectivity index (χ0) is 21.7. The first kappa shape index (κ1) is 22.3. The van der Waals surface area contributed by atoms with Gasteiger partial charge in [0.05, 0.1) is 5.75 Å². The number of halogens is 2. The van der Waals surface area contributed by atoms with Crippen molar-refractivity contribution in [2.75, 3.05) is 11.1 Å². The molecule has 1 atom stereocenters. The fourth-order valence-corrected chi connectivity index (χ4v) is 4.10. The smallest absolute Gasteiger partial charge is 0.234 e. The molecular formula is C21H22BrFN4O2S. The number of hydrogen-bond donors (Lipinski definition) is 1. The lowest BCUT2D eigenvalue weighted by Crippen LogP contribution is -2.16. The summed E-state index contributed by atoms with van der Waals surface area (Å²) in [5.74, 6) is 0.335. The van der Waals surface area contributed by atoms with Crippen LogP contribution in [0.5, 0.6) is 5.75 Å². The Balaban J connectivity index is 1.69. The zero-order valence-electron chi connectivity index (χ0n) is 16.8. The van der Waals surface area contributed by atoms with Crippen molar-refractivity contribution in [2.24, 2.45) is 0 Å². The Kier molecular flexibility index (Phi) is 7.49. The molecule has 30 heavy (non-hydrogen) atoms. The second-order valence-electron chi connectivity index (χ2n) is 6.84. The molecule has 0 radical (unpaired) electrons. The van der Waals surface area contributed by atoms with Crippen molar-refractivity contribution >= 4 is 39.3 Å². The maximum Gasteiger partial charge on any atom is 0.234 e. The van der Waals surface area contributed by atoms with E-state index in [1.807, 2.05) is 42.7 Å². The van der Waals surface area contributed by atoms with Crippen molar-refractivity contribution in [1.82, 2.24) is 14.8 Å². The first-order valence-corrected chi connectivity index (χ1v) is 11.2. The van der Waals surface area contributed by atoms with E-state index in [0.717, 1.165) is 4.47 Å². The molecule has 1 heterocycles. The van der Waals surface area contributed by atoms with Crippen LogP contribution in [-0.2, 0) is 4.79 Å². The molecule has 0 saturated heterocycles. The summed E-state index contributed by atoms with van der Waals surface area (Å²) in [4.78, 5) is 12.3. The highest BCUT2D eigenvalue weighted by Gasteiger charge is 2.22. The van der Waals surface area contributed by atoms with Crippen molar-refractivity contribution in [3.63, 3.8) is 0 Å². The number of anilines is 1. The van der Waals surface area contributed by atoms with Gasteiger partial charge in [0, 0.05) is 16.2 Å². The molecule has 1 aromatic heterocycles. The van der Waals surface area contributed by atoms with E-state index in [1.165, 1.54) is 17.8 Å². The Bertz CT molecular complexity index is 1030. The van der Waals surface area contributed by atoms with Crippen LogP contribution in [0.2, 0.25) is 0 Å². The van der Waals surface area contributed by atoms with Gasteiger partial charge in [0.2, 0.25) is 5.91 Å². The number of benzene rings is 2. The van der Waals surface area contributed by atoms with Gasteiger partial charge in [-0.25, -0.2) is 4.39 Å². The number of carbonyl (C=O) groups is 1. The number of rotatable bonds is 8. The molecule has 9 heteroatoms. The molecule has 0 aliphatic rings. The minimum Gasteiger partial charge on any atom is -0.480 e. The first-order chi connectivity index (χ1) is 14.3. The summed E-state index contributed by atoms with van der Waals surface area (Å²) in [7, 11) is 0. The Morgan fingerprint density at radius 2 is 1.97 bits per heavy atom. The number of thioether (sulfide) groups is 1. The molecular weight excluding hydrogens is 471 g/mol. The fourth-order valence-electron chi connectivity index (χ4n) is 2.83. The van der Waals surface area contributed by atoms with Gasteiger partial charge in [-0.2, -0.15) is 0 Å². The van der Waals surface area contributed by atoms with E-state index in [2.05, 4.69) is 31.4 Å². The second-order valence-corrected chi connectivity index (χ2v) is 8.70. The van der Waals surface area contributed by atoms with Crippen LogP contribution in [-0.4, -0.2) is 26.4 Å². The third kappa shape index (κ3) is 5.60. The highest BCUT2D eigenvalue weighted by molar-refractivity contribution is 9.10. The van der Waals surface area contributed by atoms with Crippen LogP contribution >= 0.6 is 27.7 Å². The van der Waals surface area contributed by atoms with Crippen LogP contribution in [0.15, 0.2) is 58.2 Å². The summed E-state index contributed by atoms with van der Waals surface area (Å²) < 4.78 is 22.5. The highest BCUT2D eigenvalue weighted by atomic mass is 79.9. The van der Waals surface area contributed by atoms with Gasteiger partial charge in [-0.1, -0.05) is 45.9 Å². The summed E-state index contributed by atoms with van der Waals surface area (Å²) >= 11 is 4.67. The Hall–Kier alpha value is -2.39. The number of aromatic nitrogens is 3. The summed E-state index contributed by atoms with van der Waals surface area (Å²) in [6, 6.07) is 13.7. The molecule has 0 fully saturated rings. The normalized spacial score (nSPS) is 12.1. The number of para-hydroxylation sites is 1. The van der Waals surface area contributed by atoms with E-state index in [9.17, 15) is 9.18 Å². The lowest BCUT2D eigenvalue weighted by Gasteiger charge is -2.19. The number of nitrogens with zero attached hydrogens (tertiary/aromatic N) is 3.